The zero-order chi connectivity index (χ0) is 19.9. The molecule has 3 rings (SSSR count). The zero-order valence-corrected chi connectivity index (χ0v) is 17.6. The van der Waals surface area contributed by atoms with Crippen molar-refractivity contribution in [3.05, 3.63) is 35.8 Å². The maximum atomic E-state index is 13.3. The van der Waals surface area contributed by atoms with Gasteiger partial charge >= 0.3 is 0 Å². The summed E-state index contributed by atoms with van der Waals surface area (Å²) in [5.41, 5.74) is 1.96. The molecule has 0 spiro atoms. The van der Waals surface area contributed by atoms with Gasteiger partial charge in [-0.3, -0.25) is 9.20 Å². The smallest absolute Gasteiger partial charge is 0.191 e. The molecule has 1 saturated carbocycles. The summed E-state index contributed by atoms with van der Waals surface area (Å²) in [7, 11) is -0.724. The van der Waals surface area contributed by atoms with E-state index in [1.54, 1.807) is 0 Å². The monoisotopic (exact) mass is 406 g/mol. The van der Waals surface area contributed by atoms with Crippen LogP contribution in [0.15, 0.2) is 29.4 Å². The maximum absolute atomic E-state index is 13.3. The molecule has 0 radical (unpaired) electrons. The number of fused-ring (bicyclic) bond motifs is 1. The van der Waals surface area contributed by atoms with Crippen molar-refractivity contribution in [1.29, 1.82) is 0 Å². The zero-order valence-electron chi connectivity index (χ0n) is 16.8. The van der Waals surface area contributed by atoms with Gasteiger partial charge in [-0.25, -0.2) is 4.39 Å². The molecular formula is C21H31FN4OS. The highest BCUT2D eigenvalue weighted by Crippen LogP contribution is 2.23. The predicted molar refractivity (Wildman–Crippen MR) is 116 cm³/mol. The molecule has 0 aliphatic heterocycles. The molecule has 1 aliphatic rings. The van der Waals surface area contributed by atoms with E-state index < -0.39 is 10.8 Å². The molecule has 7 heteroatoms. The minimum absolute atomic E-state index is 0.229. The molecule has 1 heterocycles. The summed E-state index contributed by atoms with van der Waals surface area (Å²) in [4.78, 5) is 7.86. The highest BCUT2D eigenvalue weighted by molar-refractivity contribution is 7.85. The standard InChI is InChI=1S/C21H31FN4OS/c1-3-23-21(26-17-6-5-7-18(13-17)28(27)4-2)24-11-10-15-14-25-20-12-16(22)8-9-19(15)20/h8-9,12,14,17-18,25H,3-7,10-11,13H2,1-2H3,(H2,23,24,26). The number of H-pyrrole nitrogens is 1. The van der Waals surface area contributed by atoms with Gasteiger partial charge in [-0.15, -0.1) is 0 Å². The first-order chi connectivity index (χ1) is 13.6. The van der Waals surface area contributed by atoms with Gasteiger partial charge in [-0.05, 0) is 56.4 Å². The Kier molecular flexibility index (Phi) is 7.48. The molecular weight excluding hydrogens is 375 g/mol. The van der Waals surface area contributed by atoms with E-state index in [0.717, 1.165) is 66.8 Å². The lowest BCUT2D eigenvalue weighted by molar-refractivity contribution is 0.413. The number of aromatic nitrogens is 1. The van der Waals surface area contributed by atoms with Gasteiger partial charge in [-0.1, -0.05) is 13.3 Å². The maximum Gasteiger partial charge on any atom is 0.191 e. The minimum atomic E-state index is -0.724. The molecule has 0 bridgehead atoms. The number of rotatable bonds is 7. The largest absolute Gasteiger partial charge is 0.361 e. The predicted octanol–water partition coefficient (Wildman–Crippen LogP) is 3.48. The summed E-state index contributed by atoms with van der Waals surface area (Å²) in [6.45, 7) is 5.50. The van der Waals surface area contributed by atoms with Crippen molar-refractivity contribution >= 4 is 27.7 Å². The van der Waals surface area contributed by atoms with Crippen LogP contribution in [0.5, 0.6) is 0 Å². The van der Waals surface area contributed by atoms with Crippen LogP contribution in [0.2, 0.25) is 0 Å². The van der Waals surface area contributed by atoms with Crippen LogP contribution in [0.4, 0.5) is 4.39 Å². The fourth-order valence-corrected chi connectivity index (χ4v) is 5.27. The Morgan fingerprint density at radius 1 is 1.36 bits per heavy atom. The third-order valence-corrected chi connectivity index (χ3v) is 7.09. The molecule has 1 aromatic carbocycles. The van der Waals surface area contributed by atoms with Crippen LogP contribution < -0.4 is 10.6 Å². The number of halogens is 1. The van der Waals surface area contributed by atoms with Crippen molar-refractivity contribution in [2.75, 3.05) is 18.8 Å². The number of benzene rings is 1. The Bertz CT molecular complexity index is 835. The average Bonchev–Trinajstić information content (AvgIpc) is 3.09. The number of nitrogens with zero attached hydrogens (tertiary/aromatic N) is 1. The highest BCUT2D eigenvalue weighted by atomic mass is 32.2. The molecule has 2 aromatic rings. The molecule has 1 fully saturated rings. The van der Waals surface area contributed by atoms with Crippen LogP contribution >= 0.6 is 0 Å². The normalized spacial score (nSPS) is 21.6. The van der Waals surface area contributed by atoms with Gasteiger partial charge in [0.1, 0.15) is 5.82 Å². The number of guanidine groups is 1. The van der Waals surface area contributed by atoms with E-state index in [2.05, 4.69) is 22.5 Å². The molecule has 1 aliphatic carbocycles. The molecule has 3 unspecified atom stereocenters. The van der Waals surface area contributed by atoms with Crippen molar-refractivity contribution in [3.8, 4) is 0 Å². The summed E-state index contributed by atoms with van der Waals surface area (Å²) in [6.07, 6.45) is 6.93. The second kappa shape index (κ2) is 10.0. The van der Waals surface area contributed by atoms with E-state index in [9.17, 15) is 8.60 Å². The van der Waals surface area contributed by atoms with Crippen LogP contribution in [0.25, 0.3) is 10.9 Å². The lowest BCUT2D eigenvalue weighted by Gasteiger charge is -2.30. The van der Waals surface area contributed by atoms with E-state index in [1.165, 1.54) is 12.1 Å². The Morgan fingerprint density at radius 2 is 2.21 bits per heavy atom. The molecule has 3 N–H and O–H groups in total. The lowest BCUT2D eigenvalue weighted by atomic mass is 9.95. The van der Waals surface area contributed by atoms with E-state index in [-0.39, 0.29) is 5.82 Å². The Labute approximate surface area is 169 Å². The van der Waals surface area contributed by atoms with Crippen molar-refractivity contribution in [3.63, 3.8) is 0 Å². The first-order valence-electron chi connectivity index (χ1n) is 10.3. The second-order valence-electron chi connectivity index (χ2n) is 7.31. The van der Waals surface area contributed by atoms with Gasteiger partial charge in [0, 0.05) is 58.0 Å². The molecule has 1 aromatic heterocycles. The molecule has 3 atom stereocenters. The highest BCUT2D eigenvalue weighted by Gasteiger charge is 2.26. The van der Waals surface area contributed by atoms with Gasteiger partial charge in [-0.2, -0.15) is 0 Å². The van der Waals surface area contributed by atoms with Crippen molar-refractivity contribution in [2.24, 2.45) is 4.99 Å². The first kappa shape index (κ1) is 20.8. The number of nitrogens with one attached hydrogen (secondary N) is 3. The van der Waals surface area contributed by atoms with E-state index >= 15 is 0 Å². The Balaban J connectivity index is 1.59. The lowest BCUT2D eigenvalue weighted by Crippen LogP contribution is -2.46. The van der Waals surface area contributed by atoms with Crippen molar-refractivity contribution < 1.29 is 8.60 Å². The van der Waals surface area contributed by atoms with Crippen LogP contribution in [-0.2, 0) is 17.2 Å². The topological polar surface area (TPSA) is 69.3 Å². The number of aliphatic imine (C=N–C) groups is 1. The first-order valence-corrected chi connectivity index (χ1v) is 11.7. The van der Waals surface area contributed by atoms with Crippen molar-refractivity contribution in [1.82, 2.24) is 15.6 Å². The summed E-state index contributed by atoms with van der Waals surface area (Å²) in [6, 6.07) is 5.16. The SMILES string of the molecule is CCNC(=NCCc1c[nH]c2cc(F)ccc12)NC1CCCC(S(=O)CC)C1. The summed E-state index contributed by atoms with van der Waals surface area (Å²) in [5.74, 6) is 1.33. The van der Waals surface area contributed by atoms with Gasteiger partial charge < -0.3 is 15.6 Å². The second-order valence-corrected chi connectivity index (χ2v) is 9.32. The third-order valence-electron chi connectivity index (χ3n) is 5.35. The minimum Gasteiger partial charge on any atom is -0.361 e. The quantitative estimate of drug-likeness (QED) is 0.487. The summed E-state index contributed by atoms with van der Waals surface area (Å²) >= 11 is 0. The summed E-state index contributed by atoms with van der Waals surface area (Å²) in [5, 5.41) is 8.20. The average molecular weight is 407 g/mol. The van der Waals surface area contributed by atoms with E-state index in [1.807, 2.05) is 19.2 Å². The Morgan fingerprint density at radius 3 is 3.00 bits per heavy atom. The summed E-state index contributed by atoms with van der Waals surface area (Å²) < 4.78 is 25.5. The van der Waals surface area contributed by atoms with E-state index in [4.69, 9.17) is 4.99 Å². The fourth-order valence-electron chi connectivity index (χ4n) is 3.92. The number of aromatic amines is 1. The van der Waals surface area contributed by atoms with E-state index in [0.29, 0.717) is 17.8 Å². The van der Waals surface area contributed by atoms with Crippen LogP contribution in [0, 0.1) is 5.82 Å². The molecule has 5 nitrogen and oxygen atoms in total. The van der Waals surface area contributed by atoms with Crippen LogP contribution in [0.1, 0.15) is 45.1 Å². The van der Waals surface area contributed by atoms with Gasteiger partial charge in [0.05, 0.1) is 0 Å². The fraction of sp³-hybridized carbons (Fsp3) is 0.571. The van der Waals surface area contributed by atoms with Crippen molar-refractivity contribution in [2.45, 2.75) is 57.2 Å². The molecule has 0 amide bonds. The van der Waals surface area contributed by atoms with Crippen LogP contribution in [-0.4, -0.2) is 45.3 Å². The van der Waals surface area contributed by atoms with Gasteiger partial charge in [0.25, 0.3) is 0 Å². The number of hydrogen-bond acceptors (Lipinski definition) is 2. The van der Waals surface area contributed by atoms with Crippen LogP contribution in [0.3, 0.4) is 0 Å². The molecule has 0 saturated heterocycles. The van der Waals surface area contributed by atoms with Gasteiger partial charge in [0.2, 0.25) is 0 Å². The van der Waals surface area contributed by atoms with Gasteiger partial charge in [0.15, 0.2) is 5.96 Å². The Hall–Kier alpha value is -1.89. The molecule has 28 heavy (non-hydrogen) atoms. The molecule has 154 valence electrons. The number of hydrogen-bond donors (Lipinski definition) is 3. The third kappa shape index (κ3) is 5.34.